The molecule has 2 rings (SSSR count). The van der Waals surface area contributed by atoms with Gasteiger partial charge in [0.05, 0.1) is 5.69 Å². The zero-order chi connectivity index (χ0) is 11.5. The van der Waals surface area contributed by atoms with Gasteiger partial charge in [-0.3, -0.25) is 0 Å². The van der Waals surface area contributed by atoms with Gasteiger partial charge in [0, 0.05) is 6.42 Å². The van der Waals surface area contributed by atoms with Crippen molar-refractivity contribution in [3.63, 3.8) is 0 Å². The number of tetrazole rings is 1. The van der Waals surface area contributed by atoms with Crippen molar-refractivity contribution in [2.45, 2.75) is 20.3 Å². The lowest BCUT2D eigenvalue weighted by Crippen LogP contribution is -2.11. The Labute approximate surface area is 94.3 Å². The SMILES string of the molecule is Cc1cccc(-n2nnnc2CCN)c1C. The summed E-state index contributed by atoms with van der Waals surface area (Å²) < 4.78 is 1.76. The summed E-state index contributed by atoms with van der Waals surface area (Å²) in [6.45, 7) is 4.69. The van der Waals surface area contributed by atoms with Crippen LogP contribution in [0.2, 0.25) is 0 Å². The molecule has 0 aliphatic rings. The Bertz CT molecular complexity index is 489. The highest BCUT2D eigenvalue weighted by Gasteiger charge is 2.10. The third-order valence-corrected chi connectivity index (χ3v) is 2.71. The summed E-state index contributed by atoms with van der Waals surface area (Å²) in [5.41, 5.74) is 8.96. The van der Waals surface area contributed by atoms with Crippen molar-refractivity contribution in [3.05, 3.63) is 35.2 Å². The van der Waals surface area contributed by atoms with Crippen LogP contribution in [-0.4, -0.2) is 26.8 Å². The monoisotopic (exact) mass is 217 g/mol. The van der Waals surface area contributed by atoms with Gasteiger partial charge in [-0.1, -0.05) is 12.1 Å². The molecule has 1 aromatic carbocycles. The van der Waals surface area contributed by atoms with E-state index in [1.54, 1.807) is 4.68 Å². The van der Waals surface area contributed by atoms with Crippen molar-refractivity contribution in [2.75, 3.05) is 6.54 Å². The molecule has 5 heteroatoms. The smallest absolute Gasteiger partial charge is 0.157 e. The zero-order valence-electron chi connectivity index (χ0n) is 9.51. The first-order valence-electron chi connectivity index (χ1n) is 5.28. The topological polar surface area (TPSA) is 69.6 Å². The molecule has 2 N–H and O–H groups in total. The summed E-state index contributed by atoms with van der Waals surface area (Å²) in [4.78, 5) is 0. The zero-order valence-corrected chi connectivity index (χ0v) is 9.51. The average molecular weight is 217 g/mol. The normalized spacial score (nSPS) is 10.7. The number of hydrogen-bond donors (Lipinski definition) is 1. The first-order valence-corrected chi connectivity index (χ1v) is 5.28. The van der Waals surface area contributed by atoms with E-state index in [1.807, 2.05) is 12.1 Å². The molecule has 0 aliphatic heterocycles. The summed E-state index contributed by atoms with van der Waals surface area (Å²) >= 11 is 0. The maximum Gasteiger partial charge on any atom is 0.157 e. The first kappa shape index (κ1) is 10.8. The number of benzene rings is 1. The maximum atomic E-state index is 5.53. The van der Waals surface area contributed by atoms with Gasteiger partial charge in [0.15, 0.2) is 5.82 Å². The van der Waals surface area contributed by atoms with Crippen LogP contribution in [0, 0.1) is 13.8 Å². The average Bonchev–Trinajstić information content (AvgIpc) is 2.71. The van der Waals surface area contributed by atoms with Gasteiger partial charge in [-0.05, 0) is 48.0 Å². The van der Waals surface area contributed by atoms with Gasteiger partial charge in [-0.15, -0.1) is 5.10 Å². The minimum atomic E-state index is 0.547. The van der Waals surface area contributed by atoms with Gasteiger partial charge in [-0.2, -0.15) is 4.68 Å². The Kier molecular flexibility index (Phi) is 2.96. The standard InChI is InChI=1S/C11H15N5/c1-8-4-3-5-10(9(8)2)16-11(6-7-12)13-14-15-16/h3-5H,6-7,12H2,1-2H3. The Hall–Kier alpha value is -1.75. The van der Waals surface area contributed by atoms with E-state index in [-0.39, 0.29) is 0 Å². The van der Waals surface area contributed by atoms with Crippen LogP contribution in [0.1, 0.15) is 17.0 Å². The van der Waals surface area contributed by atoms with E-state index >= 15 is 0 Å². The van der Waals surface area contributed by atoms with Crippen molar-refractivity contribution >= 4 is 0 Å². The molecule has 84 valence electrons. The minimum absolute atomic E-state index is 0.547. The van der Waals surface area contributed by atoms with Gasteiger partial charge >= 0.3 is 0 Å². The molecule has 0 saturated carbocycles. The summed E-state index contributed by atoms with van der Waals surface area (Å²) in [6, 6.07) is 6.09. The molecular formula is C11H15N5. The molecule has 0 amide bonds. The summed E-state index contributed by atoms with van der Waals surface area (Å²) in [5.74, 6) is 0.802. The molecule has 0 fully saturated rings. The minimum Gasteiger partial charge on any atom is -0.330 e. The molecule has 0 bridgehead atoms. The third kappa shape index (κ3) is 1.81. The van der Waals surface area contributed by atoms with Crippen LogP contribution in [0.3, 0.4) is 0 Å². The molecule has 0 unspecified atom stereocenters. The fourth-order valence-electron chi connectivity index (χ4n) is 1.64. The Morgan fingerprint density at radius 3 is 2.88 bits per heavy atom. The lowest BCUT2D eigenvalue weighted by molar-refractivity contribution is 0.750. The van der Waals surface area contributed by atoms with E-state index in [0.717, 1.165) is 11.5 Å². The van der Waals surface area contributed by atoms with E-state index in [0.29, 0.717) is 13.0 Å². The summed E-state index contributed by atoms with van der Waals surface area (Å²) in [5, 5.41) is 11.7. The molecule has 0 saturated heterocycles. The molecule has 0 aliphatic carbocycles. The molecule has 5 nitrogen and oxygen atoms in total. The molecule has 0 spiro atoms. The van der Waals surface area contributed by atoms with E-state index in [1.165, 1.54) is 11.1 Å². The van der Waals surface area contributed by atoms with Crippen LogP contribution < -0.4 is 5.73 Å². The van der Waals surface area contributed by atoms with Crippen LogP contribution in [0.4, 0.5) is 0 Å². The van der Waals surface area contributed by atoms with Gasteiger partial charge in [-0.25, -0.2) is 0 Å². The summed E-state index contributed by atoms with van der Waals surface area (Å²) in [6.07, 6.45) is 0.681. The number of aromatic nitrogens is 4. The summed E-state index contributed by atoms with van der Waals surface area (Å²) in [7, 11) is 0. The molecule has 16 heavy (non-hydrogen) atoms. The van der Waals surface area contributed by atoms with Crippen molar-refractivity contribution in [1.29, 1.82) is 0 Å². The van der Waals surface area contributed by atoms with Crippen LogP contribution in [-0.2, 0) is 6.42 Å². The number of nitrogens with two attached hydrogens (primary N) is 1. The quantitative estimate of drug-likeness (QED) is 0.824. The third-order valence-electron chi connectivity index (χ3n) is 2.71. The number of hydrogen-bond acceptors (Lipinski definition) is 4. The number of rotatable bonds is 3. The molecular weight excluding hydrogens is 202 g/mol. The highest BCUT2D eigenvalue weighted by Crippen LogP contribution is 2.17. The molecule has 0 atom stereocenters. The second-order valence-corrected chi connectivity index (χ2v) is 3.76. The predicted molar refractivity (Wildman–Crippen MR) is 61.4 cm³/mol. The molecule has 1 aromatic heterocycles. The van der Waals surface area contributed by atoms with E-state index in [2.05, 4.69) is 35.4 Å². The Morgan fingerprint density at radius 1 is 1.31 bits per heavy atom. The second kappa shape index (κ2) is 4.40. The Balaban J connectivity index is 2.50. The van der Waals surface area contributed by atoms with Gasteiger partial charge in [0.2, 0.25) is 0 Å². The molecule has 2 aromatic rings. The lowest BCUT2D eigenvalue weighted by Gasteiger charge is -2.09. The van der Waals surface area contributed by atoms with Gasteiger partial charge in [0.1, 0.15) is 0 Å². The Morgan fingerprint density at radius 2 is 2.12 bits per heavy atom. The van der Waals surface area contributed by atoms with Gasteiger partial charge < -0.3 is 5.73 Å². The van der Waals surface area contributed by atoms with Crippen LogP contribution >= 0.6 is 0 Å². The molecule has 1 heterocycles. The van der Waals surface area contributed by atoms with Crippen molar-refractivity contribution < 1.29 is 0 Å². The fraction of sp³-hybridized carbons (Fsp3) is 0.364. The number of aryl methyl sites for hydroxylation is 1. The highest BCUT2D eigenvalue weighted by molar-refractivity contribution is 5.44. The second-order valence-electron chi connectivity index (χ2n) is 3.76. The van der Waals surface area contributed by atoms with Crippen LogP contribution in [0.5, 0.6) is 0 Å². The van der Waals surface area contributed by atoms with Crippen LogP contribution in [0.15, 0.2) is 18.2 Å². The maximum absolute atomic E-state index is 5.53. The van der Waals surface area contributed by atoms with E-state index in [9.17, 15) is 0 Å². The van der Waals surface area contributed by atoms with E-state index in [4.69, 9.17) is 5.73 Å². The lowest BCUT2D eigenvalue weighted by atomic mass is 10.1. The fourth-order valence-corrected chi connectivity index (χ4v) is 1.64. The van der Waals surface area contributed by atoms with Crippen molar-refractivity contribution in [2.24, 2.45) is 5.73 Å². The molecule has 0 radical (unpaired) electrons. The van der Waals surface area contributed by atoms with Crippen molar-refractivity contribution in [1.82, 2.24) is 20.2 Å². The predicted octanol–water partition coefficient (Wildman–Crippen LogP) is 0.780. The first-order chi connectivity index (χ1) is 7.74. The van der Waals surface area contributed by atoms with Crippen LogP contribution in [0.25, 0.3) is 5.69 Å². The van der Waals surface area contributed by atoms with Gasteiger partial charge in [0.25, 0.3) is 0 Å². The number of nitrogens with zero attached hydrogens (tertiary/aromatic N) is 4. The highest BCUT2D eigenvalue weighted by atomic mass is 15.5. The van der Waals surface area contributed by atoms with E-state index < -0.39 is 0 Å². The largest absolute Gasteiger partial charge is 0.330 e. The van der Waals surface area contributed by atoms with Crippen molar-refractivity contribution in [3.8, 4) is 5.69 Å².